The normalized spacial score (nSPS) is 11.2. The number of methoxy groups -OCH3 is 1. The number of nitrogens with two attached hydrogens (primary N) is 1. The van der Waals surface area contributed by atoms with E-state index >= 15 is 0 Å². The Labute approximate surface area is 99.4 Å². The number of ether oxygens (including phenoxy) is 1. The Hall–Kier alpha value is -2.17. The predicted octanol–water partition coefficient (Wildman–Crippen LogP) is 1.87. The summed E-state index contributed by atoms with van der Waals surface area (Å²) in [5.74, 6) is 1.21. The van der Waals surface area contributed by atoms with Crippen molar-refractivity contribution in [1.82, 2.24) is 9.97 Å². The molecule has 5 nitrogen and oxygen atoms in total. The van der Waals surface area contributed by atoms with E-state index in [0.29, 0.717) is 5.95 Å². The van der Waals surface area contributed by atoms with Crippen molar-refractivity contribution in [3.63, 3.8) is 0 Å². The lowest BCUT2D eigenvalue weighted by molar-refractivity contribution is 0.412. The van der Waals surface area contributed by atoms with Crippen molar-refractivity contribution in [2.45, 2.75) is 13.8 Å². The van der Waals surface area contributed by atoms with Crippen molar-refractivity contribution in [1.29, 1.82) is 0 Å². The lowest BCUT2D eigenvalue weighted by Crippen LogP contribution is -1.95. The van der Waals surface area contributed by atoms with Crippen molar-refractivity contribution < 1.29 is 4.74 Å². The summed E-state index contributed by atoms with van der Waals surface area (Å²) in [7, 11) is 1.65. The van der Waals surface area contributed by atoms with E-state index in [0.717, 1.165) is 27.9 Å². The summed E-state index contributed by atoms with van der Waals surface area (Å²) in [5.41, 5.74) is 7.97. The third-order valence-corrected chi connectivity index (χ3v) is 2.58. The molecule has 2 rings (SSSR count). The molecule has 1 aromatic heterocycles. The molecule has 1 heterocycles. The molecule has 88 valence electrons. The average Bonchev–Trinajstić information content (AvgIpc) is 2.28. The highest BCUT2D eigenvalue weighted by Crippen LogP contribution is 2.26. The number of aromatic nitrogens is 2. The molecule has 2 N–H and O–H groups in total. The maximum absolute atomic E-state index is 5.28. The molecule has 0 aliphatic rings. The monoisotopic (exact) mass is 230 g/mol. The van der Waals surface area contributed by atoms with E-state index in [1.54, 1.807) is 7.11 Å². The molecular formula is C12H14N4O. The first kappa shape index (κ1) is 11.3. The summed E-state index contributed by atoms with van der Waals surface area (Å²) >= 11 is 0. The van der Waals surface area contributed by atoms with Crippen LogP contribution >= 0.6 is 0 Å². The molecule has 0 bridgehead atoms. The van der Waals surface area contributed by atoms with Crippen molar-refractivity contribution >= 4 is 23.2 Å². The van der Waals surface area contributed by atoms with E-state index in [1.165, 1.54) is 6.34 Å². The Morgan fingerprint density at radius 2 is 2.06 bits per heavy atom. The van der Waals surface area contributed by atoms with E-state index in [2.05, 4.69) is 15.0 Å². The summed E-state index contributed by atoms with van der Waals surface area (Å²) in [4.78, 5) is 12.5. The van der Waals surface area contributed by atoms with Crippen LogP contribution in [-0.4, -0.2) is 23.4 Å². The van der Waals surface area contributed by atoms with Gasteiger partial charge in [-0.1, -0.05) is 0 Å². The van der Waals surface area contributed by atoms with E-state index < -0.39 is 0 Å². The number of nitrogens with zero attached hydrogens (tertiary/aromatic N) is 3. The second kappa shape index (κ2) is 4.37. The van der Waals surface area contributed by atoms with Crippen molar-refractivity contribution in [3.8, 4) is 5.75 Å². The maximum Gasteiger partial charge on any atom is 0.251 e. The lowest BCUT2D eigenvalue weighted by atomic mass is 10.1. The third kappa shape index (κ3) is 2.04. The summed E-state index contributed by atoms with van der Waals surface area (Å²) in [6, 6.07) is 3.90. The first-order valence-corrected chi connectivity index (χ1v) is 5.23. The number of aliphatic imine (C=N–C) groups is 1. The van der Waals surface area contributed by atoms with Crippen molar-refractivity contribution in [2.75, 3.05) is 7.11 Å². The van der Waals surface area contributed by atoms with Gasteiger partial charge in [0.15, 0.2) is 0 Å². The van der Waals surface area contributed by atoms with Crippen molar-refractivity contribution in [3.05, 3.63) is 23.4 Å². The fourth-order valence-electron chi connectivity index (χ4n) is 1.74. The van der Waals surface area contributed by atoms with Gasteiger partial charge in [-0.05, 0) is 31.5 Å². The Balaban J connectivity index is 2.73. The molecule has 0 spiro atoms. The van der Waals surface area contributed by atoms with Gasteiger partial charge in [0.25, 0.3) is 5.95 Å². The minimum absolute atomic E-state index is 0.377. The minimum atomic E-state index is 0.377. The van der Waals surface area contributed by atoms with Crippen LogP contribution in [0.1, 0.15) is 11.3 Å². The minimum Gasteiger partial charge on any atom is -0.496 e. The fraction of sp³-hybridized carbons (Fsp3) is 0.250. The molecule has 0 atom stereocenters. The molecule has 17 heavy (non-hydrogen) atoms. The van der Waals surface area contributed by atoms with Gasteiger partial charge >= 0.3 is 0 Å². The van der Waals surface area contributed by atoms with Gasteiger partial charge in [-0.3, -0.25) is 0 Å². The highest BCUT2D eigenvalue weighted by Gasteiger charge is 2.07. The van der Waals surface area contributed by atoms with Crippen LogP contribution in [0.25, 0.3) is 10.9 Å². The van der Waals surface area contributed by atoms with Crippen LogP contribution in [0.2, 0.25) is 0 Å². The van der Waals surface area contributed by atoms with Crippen LogP contribution in [0, 0.1) is 13.8 Å². The summed E-state index contributed by atoms with van der Waals surface area (Å²) in [5, 5.41) is 0.962. The first-order valence-electron chi connectivity index (χ1n) is 5.23. The predicted molar refractivity (Wildman–Crippen MR) is 67.9 cm³/mol. The second-order valence-electron chi connectivity index (χ2n) is 3.73. The molecule has 0 aliphatic heterocycles. The molecule has 0 saturated heterocycles. The van der Waals surface area contributed by atoms with E-state index in [9.17, 15) is 0 Å². The Bertz CT molecular complexity index is 593. The highest BCUT2D eigenvalue weighted by molar-refractivity contribution is 5.84. The molecule has 2 aromatic rings. The van der Waals surface area contributed by atoms with Crippen molar-refractivity contribution in [2.24, 2.45) is 10.7 Å². The topological polar surface area (TPSA) is 73.4 Å². The van der Waals surface area contributed by atoms with Gasteiger partial charge in [0, 0.05) is 5.39 Å². The number of hydrogen-bond acceptors (Lipinski definition) is 4. The zero-order chi connectivity index (χ0) is 12.4. The number of aryl methyl sites for hydroxylation is 2. The summed E-state index contributed by atoms with van der Waals surface area (Å²) in [6.07, 6.45) is 1.19. The van der Waals surface area contributed by atoms with Crippen LogP contribution < -0.4 is 10.5 Å². The van der Waals surface area contributed by atoms with Gasteiger partial charge < -0.3 is 10.5 Å². The standard InChI is InChI=1S/C12H14N4O/c1-7-4-10-9(5-11(7)17-3)8(2)15-12(16-10)14-6-13/h4-6H,1-3H3,(H2,13,14,15,16). The summed E-state index contributed by atoms with van der Waals surface area (Å²) < 4.78 is 5.28. The Kier molecular flexibility index (Phi) is 2.91. The van der Waals surface area contributed by atoms with E-state index in [4.69, 9.17) is 10.5 Å². The number of rotatable bonds is 2. The zero-order valence-electron chi connectivity index (χ0n) is 10.1. The SMILES string of the molecule is COc1cc2c(C)nc(/N=C\N)nc2cc1C. The highest BCUT2D eigenvalue weighted by atomic mass is 16.5. The molecule has 0 unspecified atom stereocenters. The molecule has 1 aromatic carbocycles. The van der Waals surface area contributed by atoms with Gasteiger partial charge in [0.05, 0.1) is 24.7 Å². The van der Waals surface area contributed by atoms with Gasteiger partial charge in [0.2, 0.25) is 0 Å². The van der Waals surface area contributed by atoms with E-state index in [1.807, 2.05) is 26.0 Å². The Morgan fingerprint density at radius 3 is 2.71 bits per heavy atom. The molecule has 0 fully saturated rings. The number of fused-ring (bicyclic) bond motifs is 1. The Morgan fingerprint density at radius 1 is 1.29 bits per heavy atom. The third-order valence-electron chi connectivity index (χ3n) is 2.58. The zero-order valence-corrected chi connectivity index (χ0v) is 10.1. The van der Waals surface area contributed by atoms with Gasteiger partial charge in [-0.25, -0.2) is 15.0 Å². The summed E-state index contributed by atoms with van der Waals surface area (Å²) in [6.45, 7) is 3.88. The number of benzene rings is 1. The molecule has 5 heteroatoms. The largest absolute Gasteiger partial charge is 0.496 e. The van der Waals surface area contributed by atoms with Crippen LogP contribution in [-0.2, 0) is 0 Å². The van der Waals surface area contributed by atoms with Crippen LogP contribution in [0.15, 0.2) is 17.1 Å². The average molecular weight is 230 g/mol. The van der Waals surface area contributed by atoms with Crippen LogP contribution in [0.4, 0.5) is 5.95 Å². The molecule has 0 saturated carbocycles. The lowest BCUT2D eigenvalue weighted by Gasteiger charge is -2.08. The maximum atomic E-state index is 5.28. The van der Waals surface area contributed by atoms with Gasteiger partial charge in [0.1, 0.15) is 5.75 Å². The quantitative estimate of drug-likeness (QED) is 0.631. The molecule has 0 aliphatic carbocycles. The smallest absolute Gasteiger partial charge is 0.251 e. The van der Waals surface area contributed by atoms with Gasteiger partial charge in [-0.15, -0.1) is 0 Å². The molecule has 0 amide bonds. The first-order chi connectivity index (χ1) is 8.15. The molecular weight excluding hydrogens is 216 g/mol. The van der Waals surface area contributed by atoms with Crippen LogP contribution in [0.5, 0.6) is 5.75 Å². The van der Waals surface area contributed by atoms with Crippen LogP contribution in [0.3, 0.4) is 0 Å². The fourth-order valence-corrected chi connectivity index (χ4v) is 1.74. The van der Waals surface area contributed by atoms with Gasteiger partial charge in [-0.2, -0.15) is 0 Å². The number of hydrogen-bond donors (Lipinski definition) is 1. The van der Waals surface area contributed by atoms with E-state index in [-0.39, 0.29) is 0 Å². The molecule has 0 radical (unpaired) electrons. The second-order valence-corrected chi connectivity index (χ2v) is 3.73.